The molecule has 4 N–H and O–H groups in total. The molecule has 5 rings (SSSR count). The van der Waals surface area contributed by atoms with Gasteiger partial charge in [-0.1, -0.05) is 24.3 Å². The molecule has 5 atom stereocenters. The van der Waals surface area contributed by atoms with Crippen molar-refractivity contribution in [1.82, 2.24) is 9.55 Å². The van der Waals surface area contributed by atoms with Crippen LogP contribution in [0.25, 0.3) is 21.9 Å². The van der Waals surface area contributed by atoms with E-state index in [2.05, 4.69) is 4.98 Å². The molecule has 0 unspecified atom stereocenters. The molecule has 0 spiro atoms. The van der Waals surface area contributed by atoms with Crippen molar-refractivity contribution in [3.05, 3.63) is 94.7 Å². The second kappa shape index (κ2) is 10.4. The van der Waals surface area contributed by atoms with Crippen molar-refractivity contribution in [2.45, 2.75) is 44.2 Å². The lowest BCUT2D eigenvalue weighted by Gasteiger charge is -2.39. The first-order valence-electron chi connectivity index (χ1n) is 12.0. The van der Waals surface area contributed by atoms with Gasteiger partial charge in [0.1, 0.15) is 30.2 Å². The van der Waals surface area contributed by atoms with Gasteiger partial charge in [0.25, 0.3) is 5.56 Å². The zero-order chi connectivity index (χ0) is 26.1. The summed E-state index contributed by atoms with van der Waals surface area (Å²) in [6.07, 6.45) is -1.56. The molecule has 3 heterocycles. The maximum atomic E-state index is 13.2. The van der Waals surface area contributed by atoms with Crippen LogP contribution in [0.5, 0.6) is 5.75 Å². The van der Waals surface area contributed by atoms with Gasteiger partial charge < -0.3 is 34.5 Å². The smallest absolute Gasteiger partial charge is 0.258 e. The predicted molar refractivity (Wildman–Crippen MR) is 136 cm³/mol. The van der Waals surface area contributed by atoms with Crippen LogP contribution < -0.4 is 10.3 Å². The molecule has 0 aliphatic carbocycles. The quantitative estimate of drug-likeness (QED) is 0.311. The second-order valence-corrected chi connectivity index (χ2v) is 9.21. The van der Waals surface area contributed by atoms with E-state index >= 15 is 0 Å². The van der Waals surface area contributed by atoms with Gasteiger partial charge in [-0.25, -0.2) is 0 Å². The molecule has 0 radical (unpaired) electrons. The van der Waals surface area contributed by atoms with Gasteiger partial charge in [0, 0.05) is 24.0 Å². The number of rotatable bonds is 6. The molecule has 0 amide bonds. The van der Waals surface area contributed by atoms with Gasteiger partial charge in [-0.2, -0.15) is 0 Å². The molecule has 4 aromatic rings. The second-order valence-electron chi connectivity index (χ2n) is 9.21. The Morgan fingerprint density at radius 3 is 2.51 bits per heavy atom. The third kappa shape index (κ3) is 5.00. The molecule has 9 nitrogen and oxygen atoms in total. The monoisotopic (exact) mass is 504 g/mol. The molecule has 1 fully saturated rings. The number of aryl methyl sites for hydroxylation is 1. The summed E-state index contributed by atoms with van der Waals surface area (Å²) in [6.45, 7) is 1.72. The summed E-state index contributed by atoms with van der Waals surface area (Å²) in [5.74, 6) is 0.410. The molecule has 0 saturated carbocycles. The highest BCUT2D eigenvalue weighted by Gasteiger charge is 2.44. The standard InChI is InChI=1S/C28H28N2O7/c1-16-11-19(6-7-22(16)36-28-26(34)25(33)24(32)23(15-31)37-28)20-5-4-18-8-10-30(27(35)21(18)12-20)14-17-3-2-9-29-13-17/h2-13,23-26,28,31-34H,14-15H2,1H3/t23-,24-,25+,26+,28+/m1/s1. The maximum Gasteiger partial charge on any atom is 0.258 e. The molecule has 1 aliphatic rings. The first-order valence-corrected chi connectivity index (χ1v) is 12.0. The van der Waals surface area contributed by atoms with E-state index < -0.39 is 37.3 Å². The summed E-state index contributed by atoms with van der Waals surface area (Å²) < 4.78 is 12.9. The number of pyridine rings is 2. The van der Waals surface area contributed by atoms with Crippen molar-refractivity contribution in [1.29, 1.82) is 0 Å². The van der Waals surface area contributed by atoms with E-state index in [4.69, 9.17) is 9.47 Å². The van der Waals surface area contributed by atoms with E-state index in [0.29, 0.717) is 17.7 Å². The molecular formula is C28H28N2O7. The zero-order valence-corrected chi connectivity index (χ0v) is 20.1. The van der Waals surface area contributed by atoms with Crippen LogP contribution in [0.15, 0.2) is 78.0 Å². The number of ether oxygens (including phenoxy) is 2. The Morgan fingerprint density at radius 2 is 1.78 bits per heavy atom. The topological polar surface area (TPSA) is 134 Å². The summed E-state index contributed by atoms with van der Waals surface area (Å²) in [6, 6.07) is 16.8. The molecule has 2 aromatic heterocycles. The highest BCUT2D eigenvalue weighted by molar-refractivity contribution is 5.86. The van der Waals surface area contributed by atoms with Crippen molar-refractivity contribution < 1.29 is 29.9 Å². The molecule has 1 aliphatic heterocycles. The van der Waals surface area contributed by atoms with E-state index in [-0.39, 0.29) is 5.56 Å². The van der Waals surface area contributed by atoms with Gasteiger partial charge in [0.2, 0.25) is 6.29 Å². The average Bonchev–Trinajstić information content (AvgIpc) is 2.92. The van der Waals surface area contributed by atoms with Gasteiger partial charge >= 0.3 is 0 Å². The molecule has 2 aromatic carbocycles. The average molecular weight is 505 g/mol. The number of aromatic nitrogens is 2. The van der Waals surface area contributed by atoms with Crippen LogP contribution in [-0.2, 0) is 11.3 Å². The van der Waals surface area contributed by atoms with Crippen molar-refractivity contribution in [2.75, 3.05) is 6.61 Å². The summed E-state index contributed by atoms with van der Waals surface area (Å²) >= 11 is 0. The fourth-order valence-electron chi connectivity index (χ4n) is 4.52. The van der Waals surface area contributed by atoms with E-state index in [1.807, 2.05) is 55.5 Å². The number of fused-ring (bicyclic) bond motifs is 1. The van der Waals surface area contributed by atoms with Crippen LogP contribution in [0.4, 0.5) is 0 Å². The fourth-order valence-corrected chi connectivity index (χ4v) is 4.52. The normalized spacial score (nSPS) is 23.8. The van der Waals surface area contributed by atoms with Gasteiger partial charge in [0.05, 0.1) is 13.2 Å². The van der Waals surface area contributed by atoms with Crippen LogP contribution in [0.2, 0.25) is 0 Å². The number of aliphatic hydroxyl groups is 4. The third-order valence-electron chi connectivity index (χ3n) is 6.65. The summed E-state index contributed by atoms with van der Waals surface area (Å²) in [5.41, 5.74) is 3.29. The van der Waals surface area contributed by atoms with Crippen LogP contribution in [0, 0.1) is 6.92 Å². The molecule has 37 heavy (non-hydrogen) atoms. The first-order chi connectivity index (χ1) is 17.9. The van der Waals surface area contributed by atoms with Crippen LogP contribution >= 0.6 is 0 Å². The third-order valence-corrected chi connectivity index (χ3v) is 6.65. The van der Waals surface area contributed by atoms with E-state index in [1.165, 1.54) is 0 Å². The van der Waals surface area contributed by atoms with Crippen LogP contribution in [0.3, 0.4) is 0 Å². The van der Waals surface area contributed by atoms with Crippen molar-refractivity contribution in [2.24, 2.45) is 0 Å². The summed E-state index contributed by atoms with van der Waals surface area (Å²) in [4.78, 5) is 17.3. The molecule has 0 bridgehead atoms. The molecule has 1 saturated heterocycles. The lowest BCUT2D eigenvalue weighted by molar-refractivity contribution is -0.277. The van der Waals surface area contributed by atoms with Crippen molar-refractivity contribution >= 4 is 10.8 Å². The zero-order valence-electron chi connectivity index (χ0n) is 20.1. The number of hydrogen-bond acceptors (Lipinski definition) is 8. The van der Waals surface area contributed by atoms with Gasteiger partial charge in [-0.3, -0.25) is 9.78 Å². The molecular weight excluding hydrogens is 476 g/mol. The lowest BCUT2D eigenvalue weighted by Crippen LogP contribution is -2.60. The Morgan fingerprint density at radius 1 is 1.00 bits per heavy atom. The van der Waals surface area contributed by atoms with Crippen LogP contribution in [0.1, 0.15) is 11.1 Å². The predicted octanol–water partition coefficient (Wildman–Crippen LogP) is 1.60. The number of hydrogen-bond donors (Lipinski definition) is 4. The lowest BCUT2D eigenvalue weighted by atomic mass is 9.99. The Hall–Kier alpha value is -3.60. The first kappa shape index (κ1) is 25.1. The Kier molecular flexibility index (Phi) is 7.05. The Balaban J connectivity index is 1.40. The SMILES string of the molecule is Cc1cc(-c2ccc3ccn(Cc4cccnc4)c(=O)c3c2)ccc1O[C@H]1O[C@H](CO)[C@@H](O)[C@H](O)[C@@H]1O. The highest BCUT2D eigenvalue weighted by Crippen LogP contribution is 2.30. The minimum absolute atomic E-state index is 0.0949. The number of benzene rings is 2. The van der Waals surface area contributed by atoms with Gasteiger partial charge in [0.15, 0.2) is 0 Å². The fraction of sp³-hybridized carbons (Fsp3) is 0.286. The minimum atomic E-state index is -1.52. The van der Waals surface area contributed by atoms with Crippen molar-refractivity contribution in [3.8, 4) is 16.9 Å². The van der Waals surface area contributed by atoms with Gasteiger partial charge in [-0.05, 0) is 64.9 Å². The minimum Gasteiger partial charge on any atom is -0.462 e. The largest absolute Gasteiger partial charge is 0.462 e. The Bertz CT molecular complexity index is 1450. The van der Waals surface area contributed by atoms with Gasteiger partial charge in [-0.15, -0.1) is 0 Å². The van der Waals surface area contributed by atoms with E-state index in [0.717, 1.165) is 27.6 Å². The molecule has 192 valence electrons. The van der Waals surface area contributed by atoms with E-state index in [9.17, 15) is 25.2 Å². The summed E-state index contributed by atoms with van der Waals surface area (Å²) in [7, 11) is 0. The summed E-state index contributed by atoms with van der Waals surface area (Å²) in [5, 5.41) is 41.1. The number of aliphatic hydroxyl groups excluding tert-OH is 4. The molecule has 9 heteroatoms. The maximum absolute atomic E-state index is 13.2. The van der Waals surface area contributed by atoms with E-state index in [1.54, 1.807) is 29.2 Å². The highest BCUT2D eigenvalue weighted by atomic mass is 16.7. The van der Waals surface area contributed by atoms with Crippen molar-refractivity contribution in [3.63, 3.8) is 0 Å². The number of nitrogens with zero attached hydrogens (tertiary/aromatic N) is 2. The Labute approximate surface area is 212 Å². The van der Waals surface area contributed by atoms with Crippen LogP contribution in [-0.4, -0.2) is 67.3 Å².